The quantitative estimate of drug-likeness (QED) is 0.792. The average molecular weight is 392 g/mol. The highest BCUT2D eigenvalue weighted by Gasteiger charge is 2.34. The van der Waals surface area contributed by atoms with Crippen molar-refractivity contribution in [3.63, 3.8) is 0 Å². The molecule has 0 saturated carbocycles. The van der Waals surface area contributed by atoms with Crippen LogP contribution in [0, 0.1) is 5.92 Å². The SMILES string of the molecule is CC(C)CC(CN)NC(=O)c1cn(-c2ccccc2C(F)(F)F)nn1.Cl. The van der Waals surface area contributed by atoms with E-state index in [1.807, 2.05) is 13.8 Å². The minimum atomic E-state index is -4.53. The molecule has 10 heteroatoms. The number of hydrogen-bond acceptors (Lipinski definition) is 4. The lowest BCUT2D eigenvalue weighted by molar-refractivity contribution is -0.137. The summed E-state index contributed by atoms with van der Waals surface area (Å²) >= 11 is 0. The minimum Gasteiger partial charge on any atom is -0.347 e. The standard InChI is InChI=1S/C16H20F3N5O.ClH/c1-10(2)7-11(8-20)21-15(25)13-9-24(23-22-13)14-6-4-3-5-12(14)16(17,18)19;/h3-6,9-11H,7-8,20H2,1-2H3,(H,21,25);1H. The fourth-order valence-electron chi connectivity index (χ4n) is 2.44. The van der Waals surface area contributed by atoms with E-state index in [4.69, 9.17) is 5.73 Å². The highest BCUT2D eigenvalue weighted by molar-refractivity contribution is 5.92. The van der Waals surface area contributed by atoms with Gasteiger partial charge in [-0.3, -0.25) is 4.79 Å². The Hall–Kier alpha value is -2.13. The van der Waals surface area contributed by atoms with Crippen molar-refractivity contribution in [3.8, 4) is 5.69 Å². The summed E-state index contributed by atoms with van der Waals surface area (Å²) in [6.45, 7) is 4.26. The van der Waals surface area contributed by atoms with E-state index in [1.165, 1.54) is 24.4 Å². The predicted octanol–water partition coefficient (Wildman–Crippen LogP) is 2.81. The Balaban J connectivity index is 0.00000338. The molecule has 3 N–H and O–H groups in total. The van der Waals surface area contributed by atoms with Crippen molar-refractivity contribution in [2.24, 2.45) is 11.7 Å². The summed E-state index contributed by atoms with van der Waals surface area (Å²) in [6, 6.07) is 4.72. The molecule has 0 saturated heterocycles. The number of aromatic nitrogens is 3. The summed E-state index contributed by atoms with van der Waals surface area (Å²) in [4.78, 5) is 12.2. The van der Waals surface area contributed by atoms with Crippen molar-refractivity contribution < 1.29 is 18.0 Å². The maximum atomic E-state index is 13.1. The first kappa shape index (κ1) is 21.9. The van der Waals surface area contributed by atoms with Crippen LogP contribution < -0.4 is 11.1 Å². The van der Waals surface area contributed by atoms with Crippen LogP contribution in [-0.4, -0.2) is 33.5 Å². The summed E-state index contributed by atoms with van der Waals surface area (Å²) in [5, 5.41) is 10.0. The second kappa shape index (κ2) is 9.00. The van der Waals surface area contributed by atoms with Crippen LogP contribution in [0.2, 0.25) is 0 Å². The van der Waals surface area contributed by atoms with Crippen LogP contribution >= 0.6 is 12.4 Å². The molecule has 0 radical (unpaired) electrons. The third-order valence-corrected chi connectivity index (χ3v) is 3.56. The topological polar surface area (TPSA) is 85.8 Å². The van der Waals surface area contributed by atoms with Gasteiger partial charge in [0.1, 0.15) is 0 Å². The van der Waals surface area contributed by atoms with Crippen LogP contribution in [0.15, 0.2) is 30.5 Å². The number of nitrogens with zero attached hydrogens (tertiary/aromatic N) is 3. The van der Waals surface area contributed by atoms with E-state index in [1.54, 1.807) is 0 Å². The number of para-hydroxylation sites is 1. The summed E-state index contributed by atoms with van der Waals surface area (Å²) in [5.41, 5.74) is 4.51. The number of nitrogens with one attached hydrogen (secondary N) is 1. The molecule has 1 unspecified atom stereocenters. The number of amides is 1. The lowest BCUT2D eigenvalue weighted by Crippen LogP contribution is -2.41. The summed E-state index contributed by atoms with van der Waals surface area (Å²) in [5.74, 6) is -0.185. The molecule has 0 aliphatic carbocycles. The molecule has 1 amide bonds. The van der Waals surface area contributed by atoms with Crippen LogP contribution in [0.5, 0.6) is 0 Å². The molecule has 0 aliphatic heterocycles. The Morgan fingerprint density at radius 3 is 2.54 bits per heavy atom. The van der Waals surface area contributed by atoms with E-state index in [0.717, 1.165) is 10.7 Å². The van der Waals surface area contributed by atoms with Crippen molar-refractivity contribution in [1.82, 2.24) is 20.3 Å². The normalized spacial score (nSPS) is 12.6. The fraction of sp³-hybridized carbons (Fsp3) is 0.438. The second-order valence-electron chi connectivity index (χ2n) is 6.10. The molecular formula is C16H21ClF3N5O. The molecule has 26 heavy (non-hydrogen) atoms. The zero-order chi connectivity index (χ0) is 18.6. The second-order valence-corrected chi connectivity index (χ2v) is 6.10. The largest absolute Gasteiger partial charge is 0.418 e. The van der Waals surface area contributed by atoms with Gasteiger partial charge in [-0.15, -0.1) is 17.5 Å². The van der Waals surface area contributed by atoms with Gasteiger partial charge < -0.3 is 11.1 Å². The van der Waals surface area contributed by atoms with E-state index in [-0.39, 0.29) is 36.4 Å². The number of nitrogens with two attached hydrogens (primary N) is 1. The van der Waals surface area contributed by atoms with Crippen molar-refractivity contribution in [3.05, 3.63) is 41.7 Å². The van der Waals surface area contributed by atoms with Gasteiger partial charge in [0.15, 0.2) is 5.69 Å². The fourth-order valence-corrected chi connectivity index (χ4v) is 2.44. The summed E-state index contributed by atoms with van der Waals surface area (Å²) in [7, 11) is 0. The number of carbonyl (C=O) groups excluding carboxylic acids is 1. The number of hydrogen-bond donors (Lipinski definition) is 2. The molecule has 2 rings (SSSR count). The van der Waals surface area contributed by atoms with Crippen molar-refractivity contribution in [2.75, 3.05) is 6.54 Å². The zero-order valence-corrected chi connectivity index (χ0v) is 15.1. The van der Waals surface area contributed by atoms with Crippen LogP contribution in [-0.2, 0) is 6.18 Å². The molecule has 0 bridgehead atoms. The molecule has 1 atom stereocenters. The van der Waals surface area contributed by atoms with Gasteiger partial charge in [0.2, 0.25) is 0 Å². The molecule has 0 spiro atoms. The van der Waals surface area contributed by atoms with Crippen LogP contribution in [0.1, 0.15) is 36.3 Å². The number of alkyl halides is 3. The monoisotopic (exact) mass is 391 g/mol. The van der Waals surface area contributed by atoms with Gasteiger partial charge in [-0.2, -0.15) is 13.2 Å². The first-order valence-corrected chi connectivity index (χ1v) is 7.82. The molecule has 144 valence electrons. The molecule has 6 nitrogen and oxygen atoms in total. The molecule has 1 aromatic carbocycles. The van der Waals surface area contributed by atoms with Crippen LogP contribution in [0.3, 0.4) is 0 Å². The first-order chi connectivity index (χ1) is 11.7. The molecular weight excluding hydrogens is 371 g/mol. The first-order valence-electron chi connectivity index (χ1n) is 7.82. The van der Waals surface area contributed by atoms with Gasteiger partial charge in [-0.1, -0.05) is 31.2 Å². The van der Waals surface area contributed by atoms with Gasteiger partial charge in [-0.25, -0.2) is 4.68 Å². The highest BCUT2D eigenvalue weighted by atomic mass is 35.5. The van der Waals surface area contributed by atoms with Crippen molar-refractivity contribution in [2.45, 2.75) is 32.5 Å². The van der Waals surface area contributed by atoms with Gasteiger partial charge in [0.25, 0.3) is 5.91 Å². The number of benzene rings is 1. The van der Waals surface area contributed by atoms with Gasteiger partial charge in [-0.05, 0) is 24.5 Å². The third-order valence-electron chi connectivity index (χ3n) is 3.56. The van der Waals surface area contributed by atoms with Gasteiger partial charge in [0.05, 0.1) is 17.4 Å². The summed E-state index contributed by atoms with van der Waals surface area (Å²) in [6.07, 6.45) is -2.68. The molecule has 1 heterocycles. The van der Waals surface area contributed by atoms with Gasteiger partial charge >= 0.3 is 6.18 Å². The molecule has 2 aromatic rings. The number of carbonyl (C=O) groups is 1. The molecule has 0 fully saturated rings. The predicted molar refractivity (Wildman–Crippen MR) is 93.4 cm³/mol. The van der Waals surface area contributed by atoms with E-state index < -0.39 is 17.6 Å². The maximum absolute atomic E-state index is 13.1. The van der Waals surface area contributed by atoms with E-state index in [0.29, 0.717) is 12.3 Å². The van der Waals surface area contributed by atoms with Crippen molar-refractivity contribution >= 4 is 18.3 Å². The van der Waals surface area contributed by atoms with Crippen LogP contribution in [0.25, 0.3) is 5.69 Å². The zero-order valence-electron chi connectivity index (χ0n) is 14.3. The Morgan fingerprint density at radius 1 is 1.31 bits per heavy atom. The van der Waals surface area contributed by atoms with E-state index in [2.05, 4.69) is 15.6 Å². The van der Waals surface area contributed by atoms with Crippen molar-refractivity contribution in [1.29, 1.82) is 0 Å². The minimum absolute atomic E-state index is 0. The Bertz CT molecular complexity index is 733. The maximum Gasteiger partial charge on any atom is 0.418 e. The van der Waals surface area contributed by atoms with E-state index in [9.17, 15) is 18.0 Å². The Kier molecular flexibility index (Phi) is 7.58. The van der Waals surface area contributed by atoms with Crippen LogP contribution in [0.4, 0.5) is 13.2 Å². The summed E-state index contributed by atoms with van der Waals surface area (Å²) < 4.78 is 40.2. The highest BCUT2D eigenvalue weighted by Crippen LogP contribution is 2.33. The molecule has 0 aliphatic rings. The lowest BCUT2D eigenvalue weighted by Gasteiger charge is -2.17. The third kappa shape index (κ3) is 5.43. The lowest BCUT2D eigenvalue weighted by atomic mass is 10.0. The van der Waals surface area contributed by atoms with E-state index >= 15 is 0 Å². The van der Waals surface area contributed by atoms with Gasteiger partial charge in [0, 0.05) is 12.6 Å². The smallest absolute Gasteiger partial charge is 0.347 e. The Morgan fingerprint density at radius 2 is 1.96 bits per heavy atom. The number of rotatable bonds is 6. The molecule has 1 aromatic heterocycles. The average Bonchev–Trinajstić information content (AvgIpc) is 3.03. The Labute approximate surface area is 155 Å². The number of halogens is 4.